The maximum atomic E-state index is 11.8. The molecule has 1 rings (SSSR count). The number of nitriles is 1. The van der Waals surface area contributed by atoms with Crippen molar-refractivity contribution in [1.29, 1.82) is 5.26 Å². The molecule has 0 aliphatic rings. The molecule has 1 atom stereocenters. The van der Waals surface area contributed by atoms with Crippen molar-refractivity contribution in [3.63, 3.8) is 0 Å². The van der Waals surface area contributed by atoms with Crippen LogP contribution < -0.4 is 14.8 Å². The number of hydrogen-bond acceptors (Lipinski definition) is 4. The van der Waals surface area contributed by atoms with Crippen LogP contribution in [-0.4, -0.2) is 25.7 Å². The van der Waals surface area contributed by atoms with Crippen molar-refractivity contribution < 1.29 is 14.3 Å². The molecule has 0 aliphatic carbocycles. The number of nitrogens with zero attached hydrogens (tertiary/aromatic N) is 1. The summed E-state index contributed by atoms with van der Waals surface area (Å²) >= 11 is 0. The van der Waals surface area contributed by atoms with E-state index in [4.69, 9.17) is 14.7 Å². The molecule has 1 aromatic rings. The first kappa shape index (κ1) is 15.8. The summed E-state index contributed by atoms with van der Waals surface area (Å²) in [7, 11) is 1.51. The minimum Gasteiger partial charge on any atom is -0.497 e. The van der Waals surface area contributed by atoms with Gasteiger partial charge in [0.2, 0.25) is 0 Å². The van der Waals surface area contributed by atoms with Gasteiger partial charge in [-0.2, -0.15) is 5.26 Å². The van der Waals surface area contributed by atoms with E-state index in [2.05, 4.69) is 5.32 Å². The molecule has 0 heterocycles. The molecule has 108 valence electrons. The number of amides is 1. The van der Waals surface area contributed by atoms with Gasteiger partial charge in [0.25, 0.3) is 5.91 Å². The van der Waals surface area contributed by atoms with Crippen molar-refractivity contribution in [2.24, 2.45) is 5.92 Å². The Morgan fingerprint density at radius 2 is 1.95 bits per heavy atom. The molecule has 1 N–H and O–H groups in total. The summed E-state index contributed by atoms with van der Waals surface area (Å²) in [5, 5.41) is 11.7. The van der Waals surface area contributed by atoms with Crippen LogP contribution in [0, 0.1) is 17.2 Å². The first-order chi connectivity index (χ1) is 9.46. The second-order valence-electron chi connectivity index (χ2n) is 4.91. The van der Waals surface area contributed by atoms with Gasteiger partial charge in [-0.25, -0.2) is 0 Å². The Kier molecular flexibility index (Phi) is 5.85. The number of ether oxygens (including phenoxy) is 2. The molecule has 0 radical (unpaired) electrons. The third-order valence-electron chi connectivity index (χ3n) is 2.61. The van der Waals surface area contributed by atoms with E-state index in [1.807, 2.05) is 19.9 Å². The number of carbonyl (C=O) groups excluding carboxylic acids is 1. The number of hydrogen-bond donors (Lipinski definition) is 1. The van der Waals surface area contributed by atoms with Crippen molar-refractivity contribution >= 4 is 5.91 Å². The molecule has 20 heavy (non-hydrogen) atoms. The van der Waals surface area contributed by atoms with Crippen molar-refractivity contribution in [3.8, 4) is 17.6 Å². The van der Waals surface area contributed by atoms with Crippen molar-refractivity contribution in [2.75, 3.05) is 13.7 Å². The van der Waals surface area contributed by atoms with Gasteiger partial charge in [-0.1, -0.05) is 13.8 Å². The number of rotatable bonds is 6. The summed E-state index contributed by atoms with van der Waals surface area (Å²) in [4.78, 5) is 11.8. The maximum absolute atomic E-state index is 11.8. The molecule has 0 fully saturated rings. The lowest BCUT2D eigenvalue weighted by atomic mass is 10.2. The Morgan fingerprint density at radius 1 is 1.30 bits per heavy atom. The first-order valence-corrected chi connectivity index (χ1v) is 6.49. The zero-order chi connectivity index (χ0) is 15.1. The van der Waals surface area contributed by atoms with Crippen LogP contribution in [0.2, 0.25) is 0 Å². The quantitative estimate of drug-likeness (QED) is 0.863. The van der Waals surface area contributed by atoms with Gasteiger partial charge in [0, 0.05) is 12.6 Å². The van der Waals surface area contributed by atoms with Crippen molar-refractivity contribution in [2.45, 2.75) is 26.9 Å². The van der Waals surface area contributed by atoms with Crippen LogP contribution >= 0.6 is 0 Å². The molecule has 0 spiro atoms. The zero-order valence-electron chi connectivity index (χ0n) is 12.3. The fraction of sp³-hybridized carbons (Fsp3) is 0.467. The Morgan fingerprint density at radius 3 is 2.50 bits per heavy atom. The maximum Gasteiger partial charge on any atom is 0.260 e. The van der Waals surface area contributed by atoms with Crippen LogP contribution in [0.4, 0.5) is 0 Å². The van der Waals surface area contributed by atoms with E-state index in [0.717, 1.165) is 0 Å². The predicted molar refractivity (Wildman–Crippen MR) is 75.6 cm³/mol. The summed E-state index contributed by atoms with van der Waals surface area (Å²) < 4.78 is 10.6. The average molecular weight is 276 g/mol. The van der Waals surface area contributed by atoms with Gasteiger partial charge < -0.3 is 14.8 Å². The SMILES string of the molecule is COc1cc(C#N)cc(OC(C)C(=O)NCC(C)C)c1. The van der Waals surface area contributed by atoms with Crippen LogP contribution in [0.1, 0.15) is 26.3 Å². The van der Waals surface area contributed by atoms with Crippen molar-refractivity contribution in [1.82, 2.24) is 5.32 Å². The van der Waals surface area contributed by atoms with Crippen LogP contribution in [0.5, 0.6) is 11.5 Å². The fourth-order valence-electron chi connectivity index (χ4n) is 1.53. The van der Waals surface area contributed by atoms with Gasteiger partial charge in [-0.05, 0) is 25.0 Å². The molecule has 5 nitrogen and oxygen atoms in total. The third-order valence-corrected chi connectivity index (χ3v) is 2.61. The number of methoxy groups -OCH3 is 1. The second-order valence-corrected chi connectivity index (χ2v) is 4.91. The van der Waals surface area contributed by atoms with E-state index in [1.54, 1.807) is 25.1 Å². The van der Waals surface area contributed by atoms with Gasteiger partial charge >= 0.3 is 0 Å². The minimum atomic E-state index is -0.632. The smallest absolute Gasteiger partial charge is 0.260 e. The standard InChI is InChI=1S/C15H20N2O3/c1-10(2)9-17-15(18)11(3)20-14-6-12(8-16)5-13(7-14)19-4/h5-7,10-11H,9H2,1-4H3,(H,17,18). The van der Waals surface area contributed by atoms with Gasteiger partial charge in [0.05, 0.1) is 18.7 Å². The van der Waals surface area contributed by atoms with Gasteiger partial charge in [-0.15, -0.1) is 0 Å². The lowest BCUT2D eigenvalue weighted by Crippen LogP contribution is -2.38. The topological polar surface area (TPSA) is 71.3 Å². The Bertz CT molecular complexity index is 506. The largest absolute Gasteiger partial charge is 0.497 e. The Labute approximate surface area is 119 Å². The highest BCUT2D eigenvalue weighted by atomic mass is 16.5. The van der Waals surface area contributed by atoms with E-state index in [0.29, 0.717) is 29.5 Å². The van der Waals surface area contributed by atoms with E-state index < -0.39 is 6.10 Å². The monoisotopic (exact) mass is 276 g/mol. The number of nitrogens with one attached hydrogen (secondary N) is 1. The highest BCUT2D eigenvalue weighted by Crippen LogP contribution is 2.23. The Hall–Kier alpha value is -2.22. The van der Waals surface area contributed by atoms with E-state index in [-0.39, 0.29) is 5.91 Å². The first-order valence-electron chi connectivity index (χ1n) is 6.49. The number of carbonyl (C=O) groups is 1. The van der Waals surface area contributed by atoms with Crippen LogP contribution in [0.3, 0.4) is 0 Å². The number of benzene rings is 1. The van der Waals surface area contributed by atoms with Gasteiger partial charge in [-0.3, -0.25) is 4.79 Å². The van der Waals surface area contributed by atoms with E-state index >= 15 is 0 Å². The molecular formula is C15H20N2O3. The molecule has 0 bridgehead atoms. The summed E-state index contributed by atoms with van der Waals surface area (Å²) in [5.74, 6) is 1.16. The van der Waals surface area contributed by atoms with Gasteiger partial charge in [0.15, 0.2) is 6.10 Å². The third kappa shape index (κ3) is 4.81. The zero-order valence-corrected chi connectivity index (χ0v) is 12.3. The van der Waals surface area contributed by atoms with Gasteiger partial charge in [0.1, 0.15) is 11.5 Å². The molecule has 1 unspecified atom stereocenters. The molecule has 0 aromatic heterocycles. The van der Waals surface area contributed by atoms with Crippen LogP contribution in [0.15, 0.2) is 18.2 Å². The minimum absolute atomic E-state index is 0.181. The molecule has 5 heteroatoms. The molecular weight excluding hydrogens is 256 g/mol. The molecule has 1 amide bonds. The van der Waals surface area contributed by atoms with Crippen molar-refractivity contribution in [3.05, 3.63) is 23.8 Å². The molecule has 0 saturated carbocycles. The van der Waals surface area contributed by atoms with E-state index in [1.165, 1.54) is 7.11 Å². The highest BCUT2D eigenvalue weighted by Gasteiger charge is 2.15. The summed E-state index contributed by atoms with van der Waals surface area (Å²) in [6.45, 7) is 6.31. The summed E-state index contributed by atoms with van der Waals surface area (Å²) in [6, 6.07) is 6.86. The normalized spacial score (nSPS) is 11.6. The fourth-order valence-corrected chi connectivity index (χ4v) is 1.53. The second kappa shape index (κ2) is 7.39. The lowest BCUT2D eigenvalue weighted by Gasteiger charge is -2.16. The summed E-state index contributed by atoms with van der Waals surface area (Å²) in [6.07, 6.45) is -0.632. The molecule has 0 aliphatic heterocycles. The highest BCUT2D eigenvalue weighted by molar-refractivity contribution is 5.80. The predicted octanol–water partition coefficient (Wildman–Crippen LogP) is 2.11. The molecule has 0 saturated heterocycles. The van der Waals surface area contributed by atoms with Crippen LogP contribution in [0.25, 0.3) is 0 Å². The lowest BCUT2D eigenvalue weighted by molar-refractivity contribution is -0.127. The van der Waals surface area contributed by atoms with E-state index in [9.17, 15) is 4.79 Å². The van der Waals surface area contributed by atoms with Crippen LogP contribution in [-0.2, 0) is 4.79 Å². The Balaban J connectivity index is 2.72. The molecule has 1 aromatic carbocycles. The summed E-state index contributed by atoms with van der Waals surface area (Å²) in [5.41, 5.74) is 0.425. The average Bonchev–Trinajstić information content (AvgIpc) is 2.43.